The predicted octanol–water partition coefficient (Wildman–Crippen LogP) is 5.20. The maximum Gasteiger partial charge on any atom is 0.387 e. The summed E-state index contributed by atoms with van der Waals surface area (Å²) in [6.45, 7) is 9.18. The van der Waals surface area contributed by atoms with Crippen LogP contribution >= 0.6 is 0 Å². The number of aliphatic imine (C=N–C) groups is 1. The molecular formula is C26H30F2N2O. The van der Waals surface area contributed by atoms with E-state index in [1.807, 2.05) is 45.3 Å². The summed E-state index contributed by atoms with van der Waals surface area (Å²) in [5.74, 6) is 0.114. The van der Waals surface area contributed by atoms with Crippen molar-refractivity contribution < 1.29 is 13.5 Å². The number of halogens is 2. The van der Waals surface area contributed by atoms with Crippen molar-refractivity contribution in [2.75, 3.05) is 14.1 Å². The average Bonchev–Trinajstić information content (AvgIpc) is 2.73. The molecule has 0 radical (unpaired) electrons. The molecule has 2 aromatic carbocycles. The molecule has 164 valence electrons. The highest BCUT2D eigenvalue weighted by atomic mass is 19.3. The molecule has 0 spiro atoms. The molecule has 2 rings (SSSR count). The highest BCUT2D eigenvalue weighted by Gasteiger charge is 2.13. The van der Waals surface area contributed by atoms with Gasteiger partial charge in [0.2, 0.25) is 0 Å². The van der Waals surface area contributed by atoms with E-state index in [0.29, 0.717) is 6.42 Å². The van der Waals surface area contributed by atoms with E-state index in [4.69, 9.17) is 0 Å². The quantitative estimate of drug-likeness (QED) is 0.408. The van der Waals surface area contributed by atoms with Crippen LogP contribution in [0.1, 0.15) is 37.8 Å². The van der Waals surface area contributed by atoms with Gasteiger partial charge in [0.1, 0.15) is 5.75 Å². The zero-order valence-electron chi connectivity index (χ0n) is 18.7. The van der Waals surface area contributed by atoms with Crippen LogP contribution in [0.3, 0.4) is 0 Å². The number of benzene rings is 2. The zero-order chi connectivity index (χ0) is 23.0. The van der Waals surface area contributed by atoms with Crippen molar-refractivity contribution >= 4 is 24.6 Å². The van der Waals surface area contributed by atoms with Crippen molar-refractivity contribution in [1.29, 1.82) is 0 Å². The molecule has 0 amide bonds. The van der Waals surface area contributed by atoms with Crippen molar-refractivity contribution in [3.8, 4) is 5.75 Å². The van der Waals surface area contributed by atoms with Gasteiger partial charge in [0.15, 0.2) is 0 Å². The van der Waals surface area contributed by atoms with Crippen LogP contribution < -0.4 is 15.2 Å². The van der Waals surface area contributed by atoms with Crippen LogP contribution in [-0.4, -0.2) is 32.3 Å². The molecule has 0 atom stereocenters. The maximum atomic E-state index is 12.5. The number of rotatable bonds is 9. The van der Waals surface area contributed by atoms with Crippen LogP contribution in [0.2, 0.25) is 0 Å². The fraction of sp³-hybridized carbons (Fsp3) is 0.269. The summed E-state index contributed by atoms with van der Waals surface area (Å²) >= 11 is 0. The minimum absolute atomic E-state index is 0.114. The molecule has 0 heterocycles. The summed E-state index contributed by atoms with van der Waals surface area (Å²) in [5.41, 5.74) is 4.68. The Balaban J connectivity index is 2.77. The second-order valence-electron chi connectivity index (χ2n) is 7.22. The van der Waals surface area contributed by atoms with Crippen LogP contribution in [-0.2, 0) is 0 Å². The van der Waals surface area contributed by atoms with Crippen LogP contribution in [0.5, 0.6) is 5.75 Å². The van der Waals surface area contributed by atoms with Gasteiger partial charge in [-0.05, 0) is 54.6 Å². The fourth-order valence-corrected chi connectivity index (χ4v) is 3.53. The van der Waals surface area contributed by atoms with Crippen LogP contribution in [0.4, 0.5) is 8.78 Å². The smallest absolute Gasteiger partial charge is 0.387 e. The van der Waals surface area contributed by atoms with E-state index in [1.54, 1.807) is 12.1 Å². The third-order valence-electron chi connectivity index (χ3n) is 4.98. The molecular weight excluding hydrogens is 394 g/mol. The molecule has 0 aromatic heterocycles. The third kappa shape index (κ3) is 6.14. The Morgan fingerprint density at radius 1 is 1.13 bits per heavy atom. The standard InChI is InChI=1S/C26H30F2N2O/c1-7-9-10-23(29-4)25(19-13-15-21(16-14-19)31-26(27)28)20-12-11-18(3)22(17-20)24(8-2)30(5)6/h7,9,11-17,26H,3-4,8,10H2,1-2,5-6H3/b9-7-,24-22+,25-23+. The summed E-state index contributed by atoms with van der Waals surface area (Å²) in [6, 6.07) is 12.7. The summed E-state index contributed by atoms with van der Waals surface area (Å²) in [4.78, 5) is 6.39. The van der Waals surface area contributed by atoms with Gasteiger partial charge in [0.05, 0.1) is 5.70 Å². The Hall–Kier alpha value is -3.21. The number of hydrogen-bond donors (Lipinski definition) is 0. The van der Waals surface area contributed by atoms with E-state index >= 15 is 0 Å². The number of allylic oxidation sites excluding steroid dienone is 2. The Morgan fingerprint density at radius 3 is 2.29 bits per heavy atom. The van der Waals surface area contributed by atoms with E-state index in [1.165, 1.54) is 17.8 Å². The summed E-state index contributed by atoms with van der Waals surface area (Å²) in [5, 5.41) is 2.01. The molecule has 5 heteroatoms. The summed E-state index contributed by atoms with van der Waals surface area (Å²) in [7, 11) is 4.04. The van der Waals surface area contributed by atoms with Crippen LogP contribution in [0.15, 0.2) is 65.3 Å². The van der Waals surface area contributed by atoms with Crippen LogP contribution in [0.25, 0.3) is 17.8 Å². The van der Waals surface area contributed by atoms with Gasteiger partial charge in [-0.25, -0.2) is 0 Å². The normalized spacial score (nSPS) is 13.3. The van der Waals surface area contributed by atoms with Crippen molar-refractivity contribution in [2.45, 2.75) is 33.3 Å². The maximum absolute atomic E-state index is 12.5. The Kier molecular flexibility index (Phi) is 8.74. The van der Waals surface area contributed by atoms with Gasteiger partial charge in [-0.2, -0.15) is 8.78 Å². The van der Waals surface area contributed by atoms with Gasteiger partial charge >= 0.3 is 6.61 Å². The monoisotopic (exact) mass is 424 g/mol. The second-order valence-corrected chi connectivity index (χ2v) is 7.22. The van der Waals surface area contributed by atoms with E-state index in [-0.39, 0.29) is 5.75 Å². The zero-order valence-corrected chi connectivity index (χ0v) is 18.7. The number of ether oxygens (including phenoxy) is 1. The summed E-state index contributed by atoms with van der Waals surface area (Å²) in [6.07, 6.45) is 5.44. The minimum atomic E-state index is -2.86. The lowest BCUT2D eigenvalue weighted by molar-refractivity contribution is -0.0498. The van der Waals surface area contributed by atoms with Gasteiger partial charge in [-0.3, -0.25) is 4.99 Å². The molecule has 3 nitrogen and oxygen atoms in total. The van der Waals surface area contributed by atoms with Crippen LogP contribution in [0, 0.1) is 0 Å². The highest BCUT2D eigenvalue weighted by molar-refractivity contribution is 5.83. The Labute approximate surface area is 183 Å². The first-order valence-corrected chi connectivity index (χ1v) is 10.2. The first-order chi connectivity index (χ1) is 14.8. The fourth-order valence-electron chi connectivity index (χ4n) is 3.53. The molecule has 31 heavy (non-hydrogen) atoms. The molecule has 0 aliphatic carbocycles. The largest absolute Gasteiger partial charge is 0.435 e. The molecule has 0 aliphatic rings. The van der Waals surface area contributed by atoms with Crippen molar-refractivity contribution in [2.24, 2.45) is 4.99 Å². The number of nitrogens with zero attached hydrogens (tertiary/aromatic N) is 2. The molecule has 0 aliphatic heterocycles. The van der Waals surface area contributed by atoms with E-state index in [9.17, 15) is 8.78 Å². The second kappa shape index (κ2) is 11.3. The predicted molar refractivity (Wildman–Crippen MR) is 127 cm³/mol. The SMILES string of the molecule is C=N/C(C/C=C\C)=C(\c1ccc(OC(F)F)cc1)c1ccc(=C)/c(=C(\CC)N(C)C)c1. The highest BCUT2D eigenvalue weighted by Crippen LogP contribution is 2.30. The van der Waals surface area contributed by atoms with Gasteiger partial charge in [0, 0.05) is 37.0 Å². The Morgan fingerprint density at radius 2 is 1.77 bits per heavy atom. The molecule has 0 saturated heterocycles. The molecule has 2 aromatic rings. The minimum Gasteiger partial charge on any atom is -0.435 e. The van der Waals surface area contributed by atoms with Crippen molar-refractivity contribution in [1.82, 2.24) is 4.90 Å². The third-order valence-corrected chi connectivity index (χ3v) is 4.98. The molecule has 0 saturated carbocycles. The van der Waals surface area contributed by atoms with E-state index < -0.39 is 6.61 Å². The lowest BCUT2D eigenvalue weighted by Crippen LogP contribution is -2.31. The van der Waals surface area contributed by atoms with E-state index in [0.717, 1.165) is 39.3 Å². The lowest BCUT2D eigenvalue weighted by Gasteiger charge is -2.18. The first-order valence-electron chi connectivity index (χ1n) is 10.2. The molecule has 0 unspecified atom stereocenters. The molecule has 0 fully saturated rings. The topological polar surface area (TPSA) is 24.8 Å². The van der Waals surface area contributed by atoms with Gasteiger partial charge in [0.25, 0.3) is 0 Å². The van der Waals surface area contributed by atoms with E-state index in [2.05, 4.69) is 40.9 Å². The van der Waals surface area contributed by atoms with Gasteiger partial charge in [-0.1, -0.05) is 49.9 Å². The van der Waals surface area contributed by atoms with Crippen molar-refractivity contribution in [3.63, 3.8) is 0 Å². The van der Waals surface area contributed by atoms with Gasteiger partial charge in [-0.15, -0.1) is 0 Å². The van der Waals surface area contributed by atoms with Gasteiger partial charge < -0.3 is 9.64 Å². The number of alkyl halides is 2. The Bertz CT molecular complexity index is 1070. The molecule has 0 bridgehead atoms. The van der Waals surface area contributed by atoms with Crippen molar-refractivity contribution in [3.05, 3.63) is 81.9 Å². The summed E-state index contributed by atoms with van der Waals surface area (Å²) < 4.78 is 29.6. The molecule has 0 N–H and O–H groups in total. The lowest BCUT2D eigenvalue weighted by atomic mass is 9.93. The number of hydrogen-bond acceptors (Lipinski definition) is 3. The average molecular weight is 425 g/mol. The first kappa shape index (κ1) is 24.1.